The molecule has 0 saturated heterocycles. The van der Waals surface area contributed by atoms with E-state index in [1.165, 1.54) is 11.1 Å². The lowest BCUT2D eigenvalue weighted by atomic mass is 10.1. The van der Waals surface area contributed by atoms with E-state index < -0.39 is 0 Å². The van der Waals surface area contributed by atoms with Crippen LogP contribution in [0, 0.1) is 5.92 Å². The van der Waals surface area contributed by atoms with Gasteiger partial charge >= 0.3 is 0 Å². The van der Waals surface area contributed by atoms with Crippen LogP contribution in [-0.2, 0) is 22.6 Å². The summed E-state index contributed by atoms with van der Waals surface area (Å²) >= 11 is 0. The maximum Gasteiger partial charge on any atom is 0.161 e. The van der Waals surface area contributed by atoms with E-state index in [2.05, 4.69) is 72.5 Å². The van der Waals surface area contributed by atoms with Crippen molar-refractivity contribution in [3.8, 4) is 0 Å². The Morgan fingerprint density at radius 2 is 1.20 bits per heavy atom. The third-order valence-electron chi connectivity index (χ3n) is 4.17. The van der Waals surface area contributed by atoms with Gasteiger partial charge in [-0.25, -0.2) is 0 Å². The number of nitrogens with zero attached hydrogens (tertiary/aromatic N) is 1. The Morgan fingerprint density at radius 3 is 1.60 bits per heavy atom. The van der Waals surface area contributed by atoms with E-state index in [1.807, 2.05) is 13.8 Å². The van der Waals surface area contributed by atoms with Crippen LogP contribution in [0.15, 0.2) is 60.7 Å². The second-order valence-corrected chi connectivity index (χ2v) is 6.40. The Hall–Kier alpha value is -1.68. The molecule has 0 N–H and O–H groups in total. The van der Waals surface area contributed by atoms with Gasteiger partial charge < -0.3 is 9.47 Å². The highest BCUT2D eigenvalue weighted by molar-refractivity contribution is 5.17. The number of ether oxygens (including phenoxy) is 2. The molecule has 136 valence electrons. The van der Waals surface area contributed by atoms with Crippen LogP contribution in [0.1, 0.15) is 31.9 Å². The van der Waals surface area contributed by atoms with Crippen LogP contribution in [0.3, 0.4) is 0 Å². The average Bonchev–Trinajstić information content (AvgIpc) is 2.63. The molecule has 0 spiro atoms. The van der Waals surface area contributed by atoms with E-state index >= 15 is 0 Å². The van der Waals surface area contributed by atoms with Crippen molar-refractivity contribution in [2.45, 2.75) is 40.2 Å². The highest BCUT2D eigenvalue weighted by Gasteiger charge is 2.21. The number of benzene rings is 2. The van der Waals surface area contributed by atoms with E-state index in [0.717, 1.165) is 19.6 Å². The van der Waals surface area contributed by atoms with Crippen molar-refractivity contribution in [1.82, 2.24) is 4.90 Å². The summed E-state index contributed by atoms with van der Waals surface area (Å²) in [6.07, 6.45) is -0.149. The van der Waals surface area contributed by atoms with E-state index in [4.69, 9.17) is 9.47 Å². The van der Waals surface area contributed by atoms with Crippen molar-refractivity contribution in [2.24, 2.45) is 5.92 Å². The molecule has 0 bridgehead atoms. The maximum absolute atomic E-state index is 5.80. The highest BCUT2D eigenvalue weighted by Crippen LogP contribution is 2.16. The zero-order chi connectivity index (χ0) is 17.9. The summed E-state index contributed by atoms with van der Waals surface area (Å²) in [4.78, 5) is 2.47. The van der Waals surface area contributed by atoms with Crippen molar-refractivity contribution in [3.63, 3.8) is 0 Å². The van der Waals surface area contributed by atoms with E-state index in [0.29, 0.717) is 19.1 Å². The largest absolute Gasteiger partial charge is 0.353 e. The minimum Gasteiger partial charge on any atom is -0.353 e. The van der Waals surface area contributed by atoms with Gasteiger partial charge in [-0.15, -0.1) is 0 Å². The standard InChI is InChI=1S/C22H31NO2/c1-4-24-22(25-5-2)19(3)16-23(17-20-12-8-6-9-13-20)18-21-14-10-7-11-15-21/h6-15,19,22H,4-5,16-18H2,1-3H3/t19-/m1/s1. The van der Waals surface area contributed by atoms with Crippen LogP contribution in [0.2, 0.25) is 0 Å². The van der Waals surface area contributed by atoms with Gasteiger partial charge in [-0.05, 0) is 25.0 Å². The van der Waals surface area contributed by atoms with Gasteiger partial charge in [0.2, 0.25) is 0 Å². The van der Waals surface area contributed by atoms with Crippen LogP contribution < -0.4 is 0 Å². The van der Waals surface area contributed by atoms with Crippen LogP contribution in [0.5, 0.6) is 0 Å². The Balaban J connectivity index is 2.07. The number of hydrogen-bond acceptors (Lipinski definition) is 3. The molecule has 0 aliphatic rings. The molecule has 3 heteroatoms. The van der Waals surface area contributed by atoms with Crippen molar-refractivity contribution in [3.05, 3.63) is 71.8 Å². The first-order valence-corrected chi connectivity index (χ1v) is 9.26. The fourth-order valence-corrected chi connectivity index (χ4v) is 3.07. The van der Waals surface area contributed by atoms with Crippen molar-refractivity contribution in [1.29, 1.82) is 0 Å². The molecular weight excluding hydrogens is 310 g/mol. The van der Waals surface area contributed by atoms with Crippen molar-refractivity contribution < 1.29 is 9.47 Å². The van der Waals surface area contributed by atoms with Crippen molar-refractivity contribution in [2.75, 3.05) is 19.8 Å². The minimum absolute atomic E-state index is 0.149. The topological polar surface area (TPSA) is 21.7 Å². The molecule has 25 heavy (non-hydrogen) atoms. The number of rotatable bonds is 11. The molecule has 0 saturated carbocycles. The molecule has 0 amide bonds. The molecule has 2 aromatic rings. The van der Waals surface area contributed by atoms with Gasteiger partial charge in [0, 0.05) is 38.8 Å². The molecule has 0 radical (unpaired) electrons. The first-order chi connectivity index (χ1) is 12.2. The quantitative estimate of drug-likeness (QED) is 0.552. The third-order valence-corrected chi connectivity index (χ3v) is 4.17. The lowest BCUT2D eigenvalue weighted by molar-refractivity contribution is -0.167. The normalized spacial score (nSPS) is 12.7. The van der Waals surface area contributed by atoms with Crippen LogP contribution in [0.25, 0.3) is 0 Å². The van der Waals surface area contributed by atoms with Gasteiger partial charge in [0.15, 0.2) is 6.29 Å². The van der Waals surface area contributed by atoms with Crippen LogP contribution in [-0.4, -0.2) is 30.9 Å². The fraction of sp³-hybridized carbons (Fsp3) is 0.455. The maximum atomic E-state index is 5.80. The Kier molecular flexibility index (Phi) is 8.67. The van der Waals surface area contributed by atoms with Gasteiger partial charge in [0.05, 0.1) is 0 Å². The zero-order valence-corrected chi connectivity index (χ0v) is 15.7. The van der Waals surface area contributed by atoms with Gasteiger partial charge in [0.1, 0.15) is 0 Å². The third kappa shape index (κ3) is 6.99. The minimum atomic E-state index is -0.149. The molecule has 2 rings (SSSR count). The highest BCUT2D eigenvalue weighted by atomic mass is 16.7. The summed E-state index contributed by atoms with van der Waals surface area (Å²) in [5, 5.41) is 0. The first-order valence-electron chi connectivity index (χ1n) is 9.26. The predicted molar refractivity (Wildman–Crippen MR) is 103 cm³/mol. The number of hydrogen-bond donors (Lipinski definition) is 0. The summed E-state index contributed by atoms with van der Waals surface area (Å²) in [5.74, 6) is 0.298. The molecule has 2 aromatic carbocycles. The summed E-state index contributed by atoms with van der Waals surface area (Å²) in [6.45, 7) is 10.4. The van der Waals surface area contributed by atoms with Gasteiger partial charge in [0.25, 0.3) is 0 Å². The second kappa shape index (κ2) is 11.0. The van der Waals surface area contributed by atoms with Crippen LogP contribution >= 0.6 is 0 Å². The van der Waals surface area contributed by atoms with E-state index in [9.17, 15) is 0 Å². The lowest BCUT2D eigenvalue weighted by Gasteiger charge is -2.30. The van der Waals surface area contributed by atoms with E-state index in [1.54, 1.807) is 0 Å². The summed E-state index contributed by atoms with van der Waals surface area (Å²) < 4.78 is 11.6. The van der Waals surface area contributed by atoms with Gasteiger partial charge in [-0.2, -0.15) is 0 Å². The summed E-state index contributed by atoms with van der Waals surface area (Å²) in [7, 11) is 0. The predicted octanol–water partition coefficient (Wildman–Crippen LogP) is 4.72. The average molecular weight is 341 g/mol. The lowest BCUT2D eigenvalue weighted by Crippen LogP contribution is -2.36. The monoisotopic (exact) mass is 341 g/mol. The Bertz CT molecular complexity index is 526. The molecule has 0 aliphatic heterocycles. The molecule has 0 unspecified atom stereocenters. The first kappa shape index (κ1) is 19.6. The molecule has 0 aliphatic carbocycles. The van der Waals surface area contributed by atoms with Crippen molar-refractivity contribution >= 4 is 0 Å². The van der Waals surface area contributed by atoms with Gasteiger partial charge in [-0.1, -0.05) is 67.6 Å². The smallest absolute Gasteiger partial charge is 0.161 e. The molecule has 0 aromatic heterocycles. The van der Waals surface area contributed by atoms with E-state index in [-0.39, 0.29) is 6.29 Å². The molecule has 0 heterocycles. The molecule has 0 fully saturated rings. The molecule has 3 nitrogen and oxygen atoms in total. The van der Waals surface area contributed by atoms with Gasteiger partial charge in [-0.3, -0.25) is 4.90 Å². The SMILES string of the molecule is CCOC(OCC)[C@H](C)CN(Cc1ccccc1)Cc1ccccc1. The Morgan fingerprint density at radius 1 is 0.760 bits per heavy atom. The second-order valence-electron chi connectivity index (χ2n) is 6.40. The fourth-order valence-electron chi connectivity index (χ4n) is 3.07. The zero-order valence-electron chi connectivity index (χ0n) is 15.7. The summed E-state index contributed by atoms with van der Waals surface area (Å²) in [6, 6.07) is 21.3. The molecular formula is C22H31NO2. The van der Waals surface area contributed by atoms with Crippen LogP contribution in [0.4, 0.5) is 0 Å². The molecule has 1 atom stereocenters. The Labute approximate surface area is 152 Å². The summed E-state index contributed by atoms with van der Waals surface area (Å²) in [5.41, 5.74) is 2.66.